The number of methoxy groups -OCH3 is 1. The summed E-state index contributed by atoms with van der Waals surface area (Å²) < 4.78 is 5.26. The number of carbonyl (C=O) groups excluding carboxylic acids is 1. The highest BCUT2D eigenvalue weighted by molar-refractivity contribution is 5.90. The molecule has 0 fully saturated rings. The first-order chi connectivity index (χ1) is 13.5. The molecule has 1 atom stereocenters. The number of ether oxygens (including phenoxy) is 1. The van der Waals surface area contributed by atoms with Gasteiger partial charge in [0.15, 0.2) is 6.10 Å². The first kappa shape index (κ1) is 21.0. The molecule has 0 aliphatic rings. The van der Waals surface area contributed by atoms with Crippen molar-refractivity contribution in [2.24, 2.45) is 5.10 Å². The van der Waals surface area contributed by atoms with Crippen molar-refractivity contribution in [1.29, 1.82) is 0 Å². The Hall–Kier alpha value is -3.26. The quantitative estimate of drug-likeness (QED) is 0.406. The summed E-state index contributed by atoms with van der Waals surface area (Å²) in [6.07, 6.45) is 0.613. The van der Waals surface area contributed by atoms with Gasteiger partial charge in [-0.1, -0.05) is 30.3 Å². The molecule has 0 unspecified atom stereocenters. The van der Waals surface area contributed by atoms with Crippen LogP contribution in [0.5, 0.6) is 0 Å². The summed E-state index contributed by atoms with van der Waals surface area (Å²) in [7, 11) is 1.44. The smallest absolute Gasteiger partial charge is 0.273 e. The van der Waals surface area contributed by atoms with Gasteiger partial charge in [-0.3, -0.25) is 14.9 Å². The zero-order valence-corrected chi connectivity index (χ0v) is 16.2. The first-order valence-electron chi connectivity index (χ1n) is 8.95. The van der Waals surface area contributed by atoms with Crippen molar-refractivity contribution in [2.75, 3.05) is 25.1 Å². The number of hydrazone groups is 1. The van der Waals surface area contributed by atoms with Gasteiger partial charge in [0.1, 0.15) is 0 Å². The molecule has 0 saturated carbocycles. The molecular weight excluding hydrogens is 360 g/mol. The molecule has 0 aliphatic carbocycles. The molecule has 0 heterocycles. The number of non-ortho nitro benzene ring substituents is 1. The van der Waals surface area contributed by atoms with Gasteiger partial charge in [0.05, 0.1) is 11.1 Å². The Labute approximate surface area is 164 Å². The first-order valence-corrected chi connectivity index (χ1v) is 8.95. The number of carbonyl (C=O) groups is 1. The van der Waals surface area contributed by atoms with Crippen LogP contribution in [0.4, 0.5) is 11.4 Å². The highest BCUT2D eigenvalue weighted by atomic mass is 16.6. The number of nitro groups is 1. The minimum Gasteiger partial charge on any atom is -0.372 e. The average molecular weight is 384 g/mol. The Morgan fingerprint density at radius 1 is 1.25 bits per heavy atom. The SMILES string of the molecule is CCN(CC)c1ccc([N+](=O)[O-])cc1/C=N\NC(=O)[C@H](OC)c1ccccc1. The standard InChI is InChI=1S/C20H24N4O4/c1-4-23(5-2)18-12-11-17(24(26)27)13-16(18)14-21-22-20(25)19(28-3)15-9-7-6-8-10-15/h6-14,19H,4-5H2,1-3H3,(H,22,25)/b21-14-/t19-/m1/s1. The number of benzene rings is 2. The number of rotatable bonds is 9. The van der Waals surface area contributed by atoms with Crippen LogP contribution in [-0.2, 0) is 9.53 Å². The van der Waals surface area contributed by atoms with Crippen molar-refractivity contribution in [3.8, 4) is 0 Å². The Balaban J connectivity index is 2.23. The van der Waals surface area contributed by atoms with E-state index >= 15 is 0 Å². The summed E-state index contributed by atoms with van der Waals surface area (Å²) in [6, 6.07) is 13.6. The predicted octanol–water partition coefficient (Wildman–Crippen LogP) is 3.28. The molecule has 8 heteroatoms. The van der Waals surface area contributed by atoms with Crippen LogP contribution in [0, 0.1) is 10.1 Å². The Morgan fingerprint density at radius 2 is 1.93 bits per heavy atom. The summed E-state index contributed by atoms with van der Waals surface area (Å²) in [5, 5.41) is 15.1. The van der Waals surface area contributed by atoms with E-state index in [1.165, 1.54) is 25.5 Å². The lowest BCUT2D eigenvalue weighted by molar-refractivity contribution is -0.384. The molecule has 0 radical (unpaired) electrons. The second-order valence-electron chi connectivity index (χ2n) is 5.93. The van der Waals surface area contributed by atoms with E-state index in [4.69, 9.17) is 4.74 Å². The van der Waals surface area contributed by atoms with Crippen LogP contribution < -0.4 is 10.3 Å². The third kappa shape index (κ3) is 5.14. The van der Waals surface area contributed by atoms with Gasteiger partial charge in [0, 0.05) is 43.6 Å². The van der Waals surface area contributed by atoms with Gasteiger partial charge in [0.2, 0.25) is 0 Å². The molecule has 2 aromatic carbocycles. The van der Waals surface area contributed by atoms with Crippen LogP contribution in [0.2, 0.25) is 0 Å². The fourth-order valence-electron chi connectivity index (χ4n) is 2.86. The van der Waals surface area contributed by atoms with Gasteiger partial charge in [0.25, 0.3) is 11.6 Å². The van der Waals surface area contributed by atoms with E-state index in [2.05, 4.69) is 15.4 Å². The number of hydrogen-bond acceptors (Lipinski definition) is 6. The zero-order valence-electron chi connectivity index (χ0n) is 16.2. The van der Waals surface area contributed by atoms with Gasteiger partial charge >= 0.3 is 0 Å². The second kappa shape index (κ2) is 10.2. The molecule has 1 N–H and O–H groups in total. The summed E-state index contributed by atoms with van der Waals surface area (Å²) >= 11 is 0. The second-order valence-corrected chi connectivity index (χ2v) is 5.93. The minimum atomic E-state index is -0.800. The lowest BCUT2D eigenvalue weighted by Crippen LogP contribution is -2.27. The third-order valence-electron chi connectivity index (χ3n) is 4.28. The van der Waals surface area contributed by atoms with Crippen molar-refractivity contribution in [1.82, 2.24) is 5.43 Å². The van der Waals surface area contributed by atoms with E-state index in [-0.39, 0.29) is 5.69 Å². The molecular formula is C20H24N4O4. The van der Waals surface area contributed by atoms with E-state index in [9.17, 15) is 14.9 Å². The topological polar surface area (TPSA) is 97.1 Å². The maximum absolute atomic E-state index is 12.4. The van der Waals surface area contributed by atoms with Crippen molar-refractivity contribution >= 4 is 23.5 Å². The van der Waals surface area contributed by atoms with Crippen LogP contribution in [0.3, 0.4) is 0 Å². The highest BCUT2D eigenvalue weighted by Gasteiger charge is 2.19. The van der Waals surface area contributed by atoms with Crippen molar-refractivity contribution in [2.45, 2.75) is 20.0 Å². The van der Waals surface area contributed by atoms with E-state index in [0.717, 1.165) is 18.8 Å². The number of hydrogen-bond donors (Lipinski definition) is 1. The number of nitrogens with zero attached hydrogens (tertiary/aromatic N) is 3. The van der Waals surface area contributed by atoms with Crippen LogP contribution in [0.15, 0.2) is 53.6 Å². The monoisotopic (exact) mass is 384 g/mol. The molecule has 28 heavy (non-hydrogen) atoms. The van der Waals surface area contributed by atoms with E-state index in [1.807, 2.05) is 32.0 Å². The number of amides is 1. The summed E-state index contributed by atoms with van der Waals surface area (Å²) in [6.45, 7) is 5.47. The Morgan fingerprint density at radius 3 is 2.50 bits per heavy atom. The summed E-state index contributed by atoms with van der Waals surface area (Å²) in [5.41, 5.74) is 4.47. The van der Waals surface area contributed by atoms with Gasteiger partial charge < -0.3 is 9.64 Å². The fourth-order valence-corrected chi connectivity index (χ4v) is 2.86. The summed E-state index contributed by atoms with van der Waals surface area (Å²) in [5.74, 6) is -0.431. The molecule has 2 aromatic rings. The number of anilines is 1. The van der Waals surface area contributed by atoms with Crippen LogP contribution >= 0.6 is 0 Å². The molecule has 148 valence electrons. The zero-order chi connectivity index (χ0) is 20.5. The maximum Gasteiger partial charge on any atom is 0.273 e. The molecule has 0 bridgehead atoms. The molecule has 0 spiro atoms. The lowest BCUT2D eigenvalue weighted by atomic mass is 10.1. The number of nitrogens with one attached hydrogen (secondary N) is 1. The van der Waals surface area contributed by atoms with Gasteiger partial charge in [-0.2, -0.15) is 5.10 Å². The van der Waals surface area contributed by atoms with Crippen LogP contribution in [0.25, 0.3) is 0 Å². The fraction of sp³-hybridized carbons (Fsp3) is 0.300. The highest BCUT2D eigenvalue weighted by Crippen LogP contribution is 2.24. The van der Waals surface area contributed by atoms with Gasteiger partial charge in [-0.25, -0.2) is 5.43 Å². The van der Waals surface area contributed by atoms with Crippen molar-refractivity contribution < 1.29 is 14.5 Å². The molecule has 8 nitrogen and oxygen atoms in total. The molecule has 0 saturated heterocycles. The van der Waals surface area contributed by atoms with E-state index in [1.54, 1.807) is 18.2 Å². The van der Waals surface area contributed by atoms with Gasteiger partial charge in [-0.15, -0.1) is 0 Å². The lowest BCUT2D eigenvalue weighted by Gasteiger charge is -2.22. The molecule has 2 rings (SSSR count). The van der Waals surface area contributed by atoms with Crippen molar-refractivity contribution in [3.63, 3.8) is 0 Å². The van der Waals surface area contributed by atoms with Crippen LogP contribution in [-0.4, -0.2) is 37.2 Å². The normalized spacial score (nSPS) is 12.0. The summed E-state index contributed by atoms with van der Waals surface area (Å²) in [4.78, 5) is 25.1. The average Bonchev–Trinajstić information content (AvgIpc) is 2.71. The molecule has 1 amide bonds. The van der Waals surface area contributed by atoms with E-state index in [0.29, 0.717) is 11.1 Å². The van der Waals surface area contributed by atoms with E-state index < -0.39 is 16.9 Å². The minimum absolute atomic E-state index is 0.0391. The predicted molar refractivity (Wildman–Crippen MR) is 109 cm³/mol. The van der Waals surface area contributed by atoms with Gasteiger partial charge in [-0.05, 0) is 25.5 Å². The Bertz CT molecular complexity index is 835. The van der Waals surface area contributed by atoms with Crippen molar-refractivity contribution in [3.05, 3.63) is 69.8 Å². The molecule has 0 aliphatic heterocycles. The maximum atomic E-state index is 12.4. The number of nitro benzene ring substituents is 1. The Kier molecular flexibility index (Phi) is 7.65. The largest absolute Gasteiger partial charge is 0.372 e. The van der Waals surface area contributed by atoms with Crippen LogP contribution in [0.1, 0.15) is 31.1 Å². The third-order valence-corrected chi connectivity index (χ3v) is 4.28. The molecule has 0 aromatic heterocycles.